The molecule has 1 atom stereocenters. The standard InChI is InChI=1S/C18H23N3OS/c1-21(8-6-14-7-9-23-13-14)18(22)20-12-17-10-15-4-2-3-5-16(15)11-19-17/h2-5,7,9,13,17,19H,6,8,10-12H2,1H3,(H,20,22). The summed E-state index contributed by atoms with van der Waals surface area (Å²) in [7, 11) is 1.85. The van der Waals surface area contributed by atoms with E-state index >= 15 is 0 Å². The zero-order valence-electron chi connectivity index (χ0n) is 13.4. The number of rotatable bonds is 5. The average molecular weight is 329 g/mol. The second-order valence-electron chi connectivity index (χ2n) is 6.04. The Hall–Kier alpha value is -1.85. The van der Waals surface area contributed by atoms with Crippen LogP contribution in [0.5, 0.6) is 0 Å². The van der Waals surface area contributed by atoms with Gasteiger partial charge in [0.2, 0.25) is 0 Å². The molecule has 1 unspecified atom stereocenters. The number of nitrogens with zero attached hydrogens (tertiary/aromatic N) is 1. The van der Waals surface area contributed by atoms with Crippen molar-refractivity contribution in [2.75, 3.05) is 20.1 Å². The van der Waals surface area contributed by atoms with Crippen LogP contribution in [0.15, 0.2) is 41.1 Å². The maximum absolute atomic E-state index is 12.2. The molecule has 0 saturated carbocycles. The number of likely N-dealkylation sites (N-methyl/N-ethyl adjacent to an activating group) is 1. The van der Waals surface area contributed by atoms with E-state index in [2.05, 4.69) is 51.7 Å². The van der Waals surface area contributed by atoms with E-state index in [0.717, 1.165) is 25.9 Å². The fourth-order valence-electron chi connectivity index (χ4n) is 2.84. The van der Waals surface area contributed by atoms with E-state index in [1.165, 1.54) is 16.7 Å². The minimum Gasteiger partial charge on any atom is -0.336 e. The fourth-order valence-corrected chi connectivity index (χ4v) is 3.55. The molecule has 0 bridgehead atoms. The molecule has 1 aliphatic rings. The summed E-state index contributed by atoms with van der Waals surface area (Å²) in [6.45, 7) is 2.28. The lowest BCUT2D eigenvalue weighted by molar-refractivity contribution is 0.207. The van der Waals surface area contributed by atoms with Crippen LogP contribution in [0.1, 0.15) is 16.7 Å². The highest BCUT2D eigenvalue weighted by Crippen LogP contribution is 2.15. The van der Waals surface area contributed by atoms with E-state index in [9.17, 15) is 4.79 Å². The normalized spacial score (nSPS) is 16.7. The molecule has 0 radical (unpaired) electrons. The van der Waals surface area contributed by atoms with Crippen LogP contribution >= 0.6 is 11.3 Å². The van der Waals surface area contributed by atoms with Gasteiger partial charge in [-0.05, 0) is 46.4 Å². The van der Waals surface area contributed by atoms with Crippen LogP contribution in [0, 0.1) is 0 Å². The van der Waals surface area contributed by atoms with Gasteiger partial charge >= 0.3 is 6.03 Å². The van der Waals surface area contributed by atoms with Crippen molar-refractivity contribution in [3.8, 4) is 0 Å². The molecular formula is C18H23N3OS. The first kappa shape index (κ1) is 16.0. The Balaban J connectivity index is 1.42. The summed E-state index contributed by atoms with van der Waals surface area (Å²) in [5.41, 5.74) is 4.04. The first-order valence-corrected chi connectivity index (χ1v) is 8.97. The largest absolute Gasteiger partial charge is 0.336 e. The van der Waals surface area contributed by atoms with Crippen molar-refractivity contribution in [3.05, 3.63) is 57.8 Å². The second kappa shape index (κ2) is 7.62. The van der Waals surface area contributed by atoms with E-state index in [-0.39, 0.29) is 6.03 Å². The van der Waals surface area contributed by atoms with E-state index in [1.807, 2.05) is 7.05 Å². The first-order valence-electron chi connectivity index (χ1n) is 8.02. The number of nitrogens with one attached hydrogen (secondary N) is 2. The molecule has 1 aromatic heterocycles. The Morgan fingerprint density at radius 3 is 2.96 bits per heavy atom. The van der Waals surface area contributed by atoms with Crippen LogP contribution in [0.2, 0.25) is 0 Å². The van der Waals surface area contributed by atoms with Crippen molar-refractivity contribution in [1.82, 2.24) is 15.5 Å². The van der Waals surface area contributed by atoms with Crippen molar-refractivity contribution in [2.24, 2.45) is 0 Å². The van der Waals surface area contributed by atoms with E-state index in [0.29, 0.717) is 12.6 Å². The van der Waals surface area contributed by atoms with Crippen LogP contribution in [-0.2, 0) is 19.4 Å². The molecule has 2 amide bonds. The summed E-state index contributed by atoms with van der Waals surface area (Å²) in [5.74, 6) is 0. The van der Waals surface area contributed by atoms with E-state index in [1.54, 1.807) is 16.2 Å². The summed E-state index contributed by atoms with van der Waals surface area (Å²) in [6, 6.07) is 10.9. The topological polar surface area (TPSA) is 44.4 Å². The molecule has 1 aliphatic heterocycles. The first-order chi connectivity index (χ1) is 11.2. The van der Waals surface area contributed by atoms with Crippen molar-refractivity contribution >= 4 is 17.4 Å². The number of carbonyl (C=O) groups is 1. The van der Waals surface area contributed by atoms with Crippen LogP contribution in [0.25, 0.3) is 0 Å². The molecule has 3 rings (SSSR count). The van der Waals surface area contributed by atoms with Gasteiger partial charge in [0.15, 0.2) is 0 Å². The number of hydrogen-bond donors (Lipinski definition) is 2. The van der Waals surface area contributed by atoms with Gasteiger partial charge in [-0.1, -0.05) is 24.3 Å². The summed E-state index contributed by atoms with van der Waals surface area (Å²) in [4.78, 5) is 13.9. The monoisotopic (exact) mass is 329 g/mol. The third-order valence-corrected chi connectivity index (χ3v) is 5.06. The molecule has 0 saturated heterocycles. The highest BCUT2D eigenvalue weighted by molar-refractivity contribution is 7.07. The fraction of sp³-hybridized carbons (Fsp3) is 0.389. The maximum atomic E-state index is 12.2. The Labute approximate surface area is 141 Å². The Kier molecular flexibility index (Phi) is 5.31. The number of urea groups is 1. The number of benzene rings is 1. The van der Waals surface area contributed by atoms with Gasteiger partial charge in [-0.25, -0.2) is 4.79 Å². The van der Waals surface area contributed by atoms with Crippen LogP contribution in [0.3, 0.4) is 0 Å². The van der Waals surface area contributed by atoms with Gasteiger partial charge in [-0.3, -0.25) is 0 Å². The molecule has 0 aliphatic carbocycles. The minimum atomic E-state index is 0.000822. The van der Waals surface area contributed by atoms with Gasteiger partial charge in [0.25, 0.3) is 0 Å². The lowest BCUT2D eigenvalue weighted by Crippen LogP contribution is -2.47. The van der Waals surface area contributed by atoms with Crippen LogP contribution in [-0.4, -0.2) is 37.1 Å². The number of thiophene rings is 1. The van der Waals surface area contributed by atoms with Crippen molar-refractivity contribution in [3.63, 3.8) is 0 Å². The smallest absolute Gasteiger partial charge is 0.317 e. The summed E-state index contributed by atoms with van der Waals surface area (Å²) >= 11 is 1.70. The van der Waals surface area contributed by atoms with Gasteiger partial charge in [0, 0.05) is 32.7 Å². The molecule has 1 aromatic carbocycles. The molecule has 23 heavy (non-hydrogen) atoms. The van der Waals surface area contributed by atoms with Crippen LogP contribution < -0.4 is 10.6 Å². The van der Waals surface area contributed by atoms with Gasteiger partial charge in [-0.2, -0.15) is 11.3 Å². The molecule has 2 N–H and O–H groups in total. The molecular weight excluding hydrogens is 306 g/mol. The van der Waals surface area contributed by atoms with Crippen molar-refractivity contribution in [2.45, 2.75) is 25.4 Å². The van der Waals surface area contributed by atoms with Gasteiger partial charge < -0.3 is 15.5 Å². The zero-order valence-corrected chi connectivity index (χ0v) is 14.2. The highest BCUT2D eigenvalue weighted by atomic mass is 32.1. The lowest BCUT2D eigenvalue weighted by Gasteiger charge is -2.27. The number of carbonyl (C=O) groups excluding carboxylic acids is 1. The van der Waals surface area contributed by atoms with E-state index < -0.39 is 0 Å². The third kappa shape index (κ3) is 4.33. The minimum absolute atomic E-state index is 0.000822. The molecule has 2 heterocycles. The van der Waals surface area contributed by atoms with Gasteiger partial charge in [0.05, 0.1) is 0 Å². The Bertz CT molecular complexity index is 641. The number of fused-ring (bicyclic) bond motifs is 1. The molecule has 4 nitrogen and oxygen atoms in total. The quantitative estimate of drug-likeness (QED) is 0.886. The van der Waals surface area contributed by atoms with Crippen molar-refractivity contribution < 1.29 is 4.79 Å². The lowest BCUT2D eigenvalue weighted by atomic mass is 9.96. The highest BCUT2D eigenvalue weighted by Gasteiger charge is 2.18. The number of amides is 2. The molecule has 122 valence electrons. The summed E-state index contributed by atoms with van der Waals surface area (Å²) in [5, 5.41) is 10.7. The average Bonchev–Trinajstić information content (AvgIpc) is 3.10. The van der Waals surface area contributed by atoms with Crippen molar-refractivity contribution in [1.29, 1.82) is 0 Å². The molecule has 2 aromatic rings. The Morgan fingerprint density at radius 1 is 1.35 bits per heavy atom. The van der Waals surface area contributed by atoms with Crippen LogP contribution in [0.4, 0.5) is 4.79 Å². The third-order valence-electron chi connectivity index (χ3n) is 4.33. The SMILES string of the molecule is CN(CCc1ccsc1)C(=O)NCC1Cc2ccccc2CN1. The second-order valence-corrected chi connectivity index (χ2v) is 6.82. The van der Waals surface area contributed by atoms with Gasteiger partial charge in [-0.15, -0.1) is 0 Å². The predicted molar refractivity (Wildman–Crippen MR) is 94.8 cm³/mol. The predicted octanol–water partition coefficient (Wildman–Crippen LogP) is 2.65. The number of hydrogen-bond acceptors (Lipinski definition) is 3. The maximum Gasteiger partial charge on any atom is 0.317 e. The van der Waals surface area contributed by atoms with E-state index in [4.69, 9.17) is 0 Å². The van der Waals surface area contributed by atoms with Gasteiger partial charge in [0.1, 0.15) is 0 Å². The Morgan fingerprint density at radius 2 is 2.17 bits per heavy atom. The molecule has 0 fully saturated rings. The zero-order chi connectivity index (χ0) is 16.1. The summed E-state index contributed by atoms with van der Waals surface area (Å²) < 4.78 is 0. The summed E-state index contributed by atoms with van der Waals surface area (Å²) in [6.07, 6.45) is 1.87. The molecule has 5 heteroatoms. The molecule has 0 spiro atoms.